The van der Waals surface area contributed by atoms with Crippen LogP contribution in [0.5, 0.6) is 0 Å². The molecule has 2 N–H and O–H groups in total. The van der Waals surface area contributed by atoms with E-state index in [1.54, 1.807) is 18.2 Å². The SMILES string of the molecule is CC(NC(=O)c1ccccc1NC(=O)CN1CCC(OCc2ccccc2)CC1)c1ccccc1. The van der Waals surface area contributed by atoms with E-state index in [4.69, 9.17) is 4.74 Å². The minimum Gasteiger partial charge on any atom is -0.373 e. The average molecular weight is 472 g/mol. The van der Waals surface area contributed by atoms with E-state index in [1.165, 1.54) is 5.56 Å². The minimum atomic E-state index is -0.214. The van der Waals surface area contributed by atoms with E-state index in [0.29, 0.717) is 24.4 Å². The molecule has 0 aromatic heterocycles. The summed E-state index contributed by atoms with van der Waals surface area (Å²) in [6.07, 6.45) is 2.01. The van der Waals surface area contributed by atoms with Gasteiger partial charge < -0.3 is 15.4 Å². The van der Waals surface area contributed by atoms with Crippen LogP contribution >= 0.6 is 0 Å². The number of nitrogens with one attached hydrogen (secondary N) is 2. The van der Waals surface area contributed by atoms with Crippen molar-refractivity contribution in [3.05, 3.63) is 102 Å². The summed E-state index contributed by atoms with van der Waals surface area (Å²) in [5, 5.41) is 5.96. The highest BCUT2D eigenvalue weighted by Gasteiger charge is 2.22. The van der Waals surface area contributed by atoms with Crippen LogP contribution in [0.25, 0.3) is 0 Å². The van der Waals surface area contributed by atoms with Gasteiger partial charge in [0.2, 0.25) is 5.91 Å². The highest BCUT2D eigenvalue weighted by Crippen LogP contribution is 2.19. The van der Waals surface area contributed by atoms with Gasteiger partial charge in [0.25, 0.3) is 5.91 Å². The maximum Gasteiger partial charge on any atom is 0.253 e. The number of rotatable bonds is 9. The number of likely N-dealkylation sites (tertiary alicyclic amines) is 1. The van der Waals surface area contributed by atoms with Crippen LogP contribution in [-0.4, -0.2) is 42.5 Å². The molecule has 1 unspecified atom stereocenters. The number of piperidine rings is 1. The largest absolute Gasteiger partial charge is 0.373 e. The minimum absolute atomic E-state index is 0.120. The lowest BCUT2D eigenvalue weighted by atomic mass is 10.1. The number of carbonyl (C=O) groups is 2. The first-order valence-electron chi connectivity index (χ1n) is 12.2. The fourth-order valence-electron chi connectivity index (χ4n) is 4.30. The number of anilines is 1. The summed E-state index contributed by atoms with van der Waals surface area (Å²) in [7, 11) is 0. The number of amides is 2. The Morgan fingerprint density at radius 3 is 2.26 bits per heavy atom. The van der Waals surface area contributed by atoms with Crippen molar-refractivity contribution in [2.75, 3.05) is 25.0 Å². The Balaban J connectivity index is 1.25. The van der Waals surface area contributed by atoms with E-state index in [0.717, 1.165) is 31.5 Å². The van der Waals surface area contributed by atoms with E-state index in [1.807, 2.05) is 61.5 Å². The van der Waals surface area contributed by atoms with Gasteiger partial charge in [0.05, 0.1) is 36.5 Å². The number of hydrogen-bond acceptors (Lipinski definition) is 4. The van der Waals surface area contributed by atoms with Crippen LogP contribution in [-0.2, 0) is 16.1 Å². The molecule has 6 heteroatoms. The Bertz CT molecular complexity index is 1100. The van der Waals surface area contributed by atoms with Crippen LogP contribution in [0.15, 0.2) is 84.9 Å². The summed E-state index contributed by atoms with van der Waals surface area (Å²) < 4.78 is 6.05. The fourth-order valence-corrected chi connectivity index (χ4v) is 4.30. The van der Waals surface area contributed by atoms with Gasteiger partial charge in [-0.2, -0.15) is 0 Å². The molecule has 0 radical (unpaired) electrons. The van der Waals surface area contributed by atoms with Gasteiger partial charge in [-0.15, -0.1) is 0 Å². The number of ether oxygens (including phenoxy) is 1. The van der Waals surface area contributed by atoms with E-state index in [9.17, 15) is 9.59 Å². The van der Waals surface area contributed by atoms with Crippen LogP contribution < -0.4 is 10.6 Å². The van der Waals surface area contributed by atoms with E-state index in [2.05, 4.69) is 27.7 Å². The molecule has 1 aliphatic heterocycles. The lowest BCUT2D eigenvalue weighted by Crippen LogP contribution is -2.41. The molecule has 1 fully saturated rings. The average Bonchev–Trinajstić information content (AvgIpc) is 2.89. The van der Waals surface area contributed by atoms with Gasteiger partial charge in [0.1, 0.15) is 0 Å². The van der Waals surface area contributed by atoms with Crippen molar-refractivity contribution in [3.63, 3.8) is 0 Å². The Morgan fingerprint density at radius 1 is 0.914 bits per heavy atom. The second kappa shape index (κ2) is 12.3. The van der Waals surface area contributed by atoms with Crippen LogP contribution in [0.4, 0.5) is 5.69 Å². The number of carbonyl (C=O) groups excluding carboxylic acids is 2. The number of para-hydroxylation sites is 1. The van der Waals surface area contributed by atoms with Gasteiger partial charge in [-0.3, -0.25) is 14.5 Å². The quantitative estimate of drug-likeness (QED) is 0.470. The highest BCUT2D eigenvalue weighted by molar-refractivity contribution is 6.04. The third-order valence-electron chi connectivity index (χ3n) is 6.32. The maximum atomic E-state index is 12.9. The van der Waals surface area contributed by atoms with Crippen molar-refractivity contribution in [2.24, 2.45) is 0 Å². The molecule has 3 aromatic rings. The molecule has 0 saturated carbocycles. The Morgan fingerprint density at radius 2 is 1.54 bits per heavy atom. The third-order valence-corrected chi connectivity index (χ3v) is 6.32. The predicted octanol–water partition coefficient (Wildman–Crippen LogP) is 4.80. The van der Waals surface area contributed by atoms with E-state index < -0.39 is 0 Å². The molecule has 3 aromatic carbocycles. The van der Waals surface area contributed by atoms with Gasteiger partial charge >= 0.3 is 0 Å². The molecule has 1 aliphatic rings. The van der Waals surface area contributed by atoms with Crippen molar-refractivity contribution >= 4 is 17.5 Å². The smallest absolute Gasteiger partial charge is 0.253 e. The molecule has 2 amide bonds. The summed E-state index contributed by atoms with van der Waals surface area (Å²) in [6.45, 7) is 4.48. The lowest BCUT2D eigenvalue weighted by Gasteiger charge is -2.31. The molecule has 35 heavy (non-hydrogen) atoms. The molecule has 1 heterocycles. The molecule has 0 aliphatic carbocycles. The first-order chi connectivity index (χ1) is 17.1. The Hall–Kier alpha value is -3.48. The fraction of sp³-hybridized carbons (Fsp3) is 0.310. The summed E-state index contributed by atoms with van der Waals surface area (Å²) in [5.41, 5.74) is 3.18. The molecule has 0 bridgehead atoms. The standard InChI is InChI=1S/C29H33N3O3/c1-22(24-12-6-3-7-13-24)30-29(34)26-14-8-9-15-27(26)31-28(33)20-32-18-16-25(17-19-32)35-21-23-10-4-2-5-11-23/h2-15,22,25H,16-21H2,1H3,(H,30,34)(H,31,33). The topological polar surface area (TPSA) is 70.7 Å². The summed E-state index contributed by atoms with van der Waals surface area (Å²) in [4.78, 5) is 27.8. The lowest BCUT2D eigenvalue weighted by molar-refractivity contribution is -0.118. The zero-order chi connectivity index (χ0) is 24.5. The molecule has 1 atom stereocenters. The zero-order valence-corrected chi connectivity index (χ0v) is 20.2. The van der Waals surface area contributed by atoms with Crippen LogP contribution in [0.3, 0.4) is 0 Å². The second-order valence-corrected chi connectivity index (χ2v) is 8.97. The van der Waals surface area contributed by atoms with E-state index in [-0.39, 0.29) is 24.0 Å². The van der Waals surface area contributed by atoms with Gasteiger partial charge in [-0.25, -0.2) is 0 Å². The predicted molar refractivity (Wildman–Crippen MR) is 138 cm³/mol. The molecule has 1 saturated heterocycles. The van der Waals surface area contributed by atoms with Gasteiger partial charge in [-0.1, -0.05) is 72.8 Å². The molecule has 182 valence electrons. The number of nitrogens with zero attached hydrogens (tertiary/aromatic N) is 1. The molecule has 4 rings (SSSR count). The molecular weight excluding hydrogens is 438 g/mol. The summed E-state index contributed by atoms with van der Waals surface area (Å²) in [5.74, 6) is -0.335. The molecule has 6 nitrogen and oxygen atoms in total. The summed E-state index contributed by atoms with van der Waals surface area (Å²) >= 11 is 0. The van der Waals surface area contributed by atoms with Gasteiger partial charge in [0.15, 0.2) is 0 Å². The van der Waals surface area contributed by atoms with Crippen LogP contribution in [0.1, 0.15) is 47.3 Å². The highest BCUT2D eigenvalue weighted by atomic mass is 16.5. The molecule has 0 spiro atoms. The first-order valence-corrected chi connectivity index (χ1v) is 12.2. The van der Waals surface area contributed by atoms with E-state index >= 15 is 0 Å². The van der Waals surface area contributed by atoms with Crippen molar-refractivity contribution in [1.29, 1.82) is 0 Å². The maximum absolute atomic E-state index is 12.9. The van der Waals surface area contributed by atoms with Crippen molar-refractivity contribution in [2.45, 2.75) is 38.5 Å². The third kappa shape index (κ3) is 7.25. The molecular formula is C29H33N3O3. The Labute approximate surface area is 207 Å². The number of benzene rings is 3. The zero-order valence-electron chi connectivity index (χ0n) is 20.2. The first kappa shape index (κ1) is 24.6. The van der Waals surface area contributed by atoms with Gasteiger partial charge in [-0.05, 0) is 43.0 Å². The van der Waals surface area contributed by atoms with Crippen molar-refractivity contribution < 1.29 is 14.3 Å². The summed E-state index contributed by atoms with van der Waals surface area (Å²) in [6, 6.07) is 27.0. The van der Waals surface area contributed by atoms with Crippen molar-refractivity contribution in [3.8, 4) is 0 Å². The normalized spacial score (nSPS) is 15.3. The second-order valence-electron chi connectivity index (χ2n) is 8.97. The monoisotopic (exact) mass is 471 g/mol. The van der Waals surface area contributed by atoms with Crippen molar-refractivity contribution in [1.82, 2.24) is 10.2 Å². The Kier molecular flexibility index (Phi) is 8.65. The van der Waals surface area contributed by atoms with Crippen LogP contribution in [0.2, 0.25) is 0 Å². The number of hydrogen-bond donors (Lipinski definition) is 2. The van der Waals surface area contributed by atoms with Gasteiger partial charge in [0, 0.05) is 13.1 Å². The van der Waals surface area contributed by atoms with Crippen LogP contribution in [0, 0.1) is 0 Å².